The molecule has 114 valence electrons. The molecule has 0 radical (unpaired) electrons. The van der Waals surface area contributed by atoms with Crippen molar-refractivity contribution in [1.29, 1.82) is 0 Å². The Kier molecular flexibility index (Phi) is 5.54. The second-order valence-electron chi connectivity index (χ2n) is 5.62. The number of ether oxygens (including phenoxy) is 1. The van der Waals surface area contributed by atoms with Crippen molar-refractivity contribution in [1.82, 2.24) is 0 Å². The predicted octanol–water partition coefficient (Wildman–Crippen LogP) is 4.47. The van der Waals surface area contributed by atoms with E-state index in [1.54, 1.807) is 0 Å². The van der Waals surface area contributed by atoms with E-state index in [0.29, 0.717) is 6.61 Å². The van der Waals surface area contributed by atoms with E-state index in [2.05, 4.69) is 56.3 Å². The van der Waals surface area contributed by atoms with Crippen LogP contribution >= 0.6 is 0 Å². The molecular weight excluding hydrogens is 272 g/mol. The van der Waals surface area contributed by atoms with Crippen molar-refractivity contribution in [2.75, 3.05) is 6.61 Å². The highest BCUT2D eigenvalue weighted by Crippen LogP contribution is 2.15. The maximum Gasteiger partial charge on any atom is 0.302 e. The molecule has 2 aromatic rings. The number of carbonyl (C=O) groups excluding carboxylic acids is 1. The van der Waals surface area contributed by atoms with Gasteiger partial charge in [0.15, 0.2) is 0 Å². The van der Waals surface area contributed by atoms with Crippen molar-refractivity contribution in [2.24, 2.45) is 0 Å². The van der Waals surface area contributed by atoms with Crippen LogP contribution in [0.5, 0.6) is 0 Å². The van der Waals surface area contributed by atoms with Gasteiger partial charge in [0.05, 0.1) is 0 Å². The molecule has 0 aliphatic rings. The lowest BCUT2D eigenvalue weighted by molar-refractivity contribution is -0.139. The summed E-state index contributed by atoms with van der Waals surface area (Å²) < 4.78 is 4.89. The highest BCUT2D eigenvalue weighted by Gasteiger charge is 1.99. The van der Waals surface area contributed by atoms with Gasteiger partial charge in [0.25, 0.3) is 0 Å². The minimum atomic E-state index is -0.256. The molecule has 0 heterocycles. The lowest BCUT2D eigenvalue weighted by atomic mass is 9.99. The van der Waals surface area contributed by atoms with Crippen LogP contribution in [0.15, 0.2) is 48.5 Å². The standard InChI is InChI=1S/C20H22O2/c1-15-10-16(2)12-20(11-15)14-19-7-4-6-18(13-19)8-5-9-22-17(3)21/h4-8,10-13H,9,14H2,1-3H3/b8-5+. The number of benzene rings is 2. The van der Waals surface area contributed by atoms with Gasteiger partial charge in [-0.3, -0.25) is 4.79 Å². The lowest BCUT2D eigenvalue weighted by Gasteiger charge is -2.06. The lowest BCUT2D eigenvalue weighted by Crippen LogP contribution is -1.97. The number of carbonyl (C=O) groups is 1. The Hall–Kier alpha value is -2.35. The van der Waals surface area contributed by atoms with Gasteiger partial charge in [-0.2, -0.15) is 0 Å². The van der Waals surface area contributed by atoms with Crippen LogP contribution in [-0.2, 0) is 16.0 Å². The summed E-state index contributed by atoms with van der Waals surface area (Å²) in [4.78, 5) is 10.7. The average molecular weight is 294 g/mol. The summed E-state index contributed by atoms with van der Waals surface area (Å²) in [6, 6.07) is 15.1. The van der Waals surface area contributed by atoms with Gasteiger partial charge in [-0.15, -0.1) is 0 Å². The van der Waals surface area contributed by atoms with Crippen LogP contribution in [0.1, 0.15) is 34.7 Å². The molecule has 0 amide bonds. The molecule has 2 rings (SSSR count). The largest absolute Gasteiger partial charge is 0.462 e. The van der Waals surface area contributed by atoms with Gasteiger partial charge < -0.3 is 4.74 Å². The van der Waals surface area contributed by atoms with E-state index in [-0.39, 0.29) is 5.97 Å². The summed E-state index contributed by atoms with van der Waals surface area (Å²) in [5.74, 6) is -0.256. The van der Waals surface area contributed by atoms with Crippen molar-refractivity contribution in [3.63, 3.8) is 0 Å². The molecule has 0 saturated heterocycles. The third-order valence-electron chi connectivity index (χ3n) is 3.33. The summed E-state index contributed by atoms with van der Waals surface area (Å²) in [5, 5.41) is 0. The van der Waals surface area contributed by atoms with Crippen LogP contribution in [0.4, 0.5) is 0 Å². The zero-order valence-electron chi connectivity index (χ0n) is 13.4. The topological polar surface area (TPSA) is 26.3 Å². The Labute approximate surface area is 132 Å². The van der Waals surface area contributed by atoms with Gasteiger partial charge in [-0.05, 0) is 43.0 Å². The fourth-order valence-corrected chi connectivity index (χ4v) is 2.56. The number of hydrogen-bond acceptors (Lipinski definition) is 2. The van der Waals surface area contributed by atoms with Gasteiger partial charge in [0.1, 0.15) is 6.61 Å². The van der Waals surface area contributed by atoms with Gasteiger partial charge >= 0.3 is 5.97 Å². The first-order chi connectivity index (χ1) is 10.5. The summed E-state index contributed by atoms with van der Waals surface area (Å²) in [7, 11) is 0. The van der Waals surface area contributed by atoms with Gasteiger partial charge in [-0.25, -0.2) is 0 Å². The molecule has 0 aromatic heterocycles. The van der Waals surface area contributed by atoms with Crippen LogP contribution in [0.3, 0.4) is 0 Å². The Morgan fingerprint density at radius 2 is 1.77 bits per heavy atom. The summed E-state index contributed by atoms with van der Waals surface area (Å²) in [6.07, 6.45) is 4.76. The maximum absolute atomic E-state index is 10.7. The van der Waals surface area contributed by atoms with Gasteiger partial charge in [-0.1, -0.05) is 59.7 Å². The van der Waals surface area contributed by atoms with Crippen molar-refractivity contribution >= 4 is 12.0 Å². The average Bonchev–Trinajstić information content (AvgIpc) is 2.43. The highest BCUT2D eigenvalue weighted by atomic mass is 16.5. The van der Waals surface area contributed by atoms with Gasteiger partial charge in [0.2, 0.25) is 0 Å². The first-order valence-electron chi connectivity index (χ1n) is 7.49. The molecule has 2 aromatic carbocycles. The predicted molar refractivity (Wildman–Crippen MR) is 90.8 cm³/mol. The van der Waals surface area contributed by atoms with Crippen LogP contribution in [0, 0.1) is 13.8 Å². The molecule has 0 spiro atoms. The third-order valence-corrected chi connectivity index (χ3v) is 3.33. The molecule has 0 unspecified atom stereocenters. The number of aryl methyl sites for hydroxylation is 2. The van der Waals surface area contributed by atoms with Crippen LogP contribution in [0.2, 0.25) is 0 Å². The monoisotopic (exact) mass is 294 g/mol. The summed E-state index contributed by atoms with van der Waals surface area (Å²) in [5.41, 5.74) is 6.33. The third kappa shape index (κ3) is 5.21. The Morgan fingerprint density at radius 1 is 1.05 bits per heavy atom. The Balaban J connectivity index is 2.06. The van der Waals surface area contributed by atoms with E-state index in [1.807, 2.05) is 12.2 Å². The van der Waals surface area contributed by atoms with E-state index in [1.165, 1.54) is 29.2 Å². The van der Waals surface area contributed by atoms with E-state index in [9.17, 15) is 4.79 Å². The van der Waals surface area contributed by atoms with Crippen LogP contribution in [0.25, 0.3) is 6.08 Å². The minimum Gasteiger partial charge on any atom is -0.462 e. The Morgan fingerprint density at radius 3 is 2.45 bits per heavy atom. The molecule has 22 heavy (non-hydrogen) atoms. The SMILES string of the molecule is CC(=O)OC/C=C/c1cccc(Cc2cc(C)cc(C)c2)c1. The first-order valence-corrected chi connectivity index (χ1v) is 7.49. The highest BCUT2D eigenvalue weighted by molar-refractivity contribution is 5.66. The first kappa shape index (κ1) is 16.0. The molecule has 0 aliphatic carbocycles. The normalized spacial score (nSPS) is 10.9. The quantitative estimate of drug-likeness (QED) is 0.760. The van der Waals surface area contributed by atoms with Crippen LogP contribution in [-0.4, -0.2) is 12.6 Å². The molecule has 0 saturated carbocycles. The van der Waals surface area contributed by atoms with Gasteiger partial charge in [0, 0.05) is 6.92 Å². The molecule has 0 aliphatic heterocycles. The summed E-state index contributed by atoms with van der Waals surface area (Å²) >= 11 is 0. The molecule has 2 nitrogen and oxygen atoms in total. The summed E-state index contributed by atoms with van der Waals surface area (Å²) in [6.45, 7) is 5.99. The molecule has 0 bridgehead atoms. The second-order valence-corrected chi connectivity index (χ2v) is 5.62. The molecule has 0 fully saturated rings. The van der Waals surface area contributed by atoms with E-state index >= 15 is 0 Å². The zero-order chi connectivity index (χ0) is 15.9. The van der Waals surface area contributed by atoms with Crippen molar-refractivity contribution in [2.45, 2.75) is 27.2 Å². The molecule has 0 N–H and O–H groups in total. The minimum absolute atomic E-state index is 0.256. The van der Waals surface area contributed by atoms with Crippen molar-refractivity contribution < 1.29 is 9.53 Å². The maximum atomic E-state index is 10.7. The Bertz CT molecular complexity index is 664. The molecule has 0 atom stereocenters. The smallest absolute Gasteiger partial charge is 0.302 e. The van der Waals surface area contributed by atoms with Crippen LogP contribution < -0.4 is 0 Å². The fraction of sp³-hybridized carbons (Fsp3) is 0.250. The van der Waals surface area contributed by atoms with Crippen molar-refractivity contribution in [3.8, 4) is 0 Å². The van der Waals surface area contributed by atoms with E-state index < -0.39 is 0 Å². The number of rotatable bonds is 5. The fourth-order valence-electron chi connectivity index (χ4n) is 2.56. The zero-order valence-corrected chi connectivity index (χ0v) is 13.4. The van der Waals surface area contributed by atoms with E-state index in [0.717, 1.165) is 12.0 Å². The van der Waals surface area contributed by atoms with E-state index in [4.69, 9.17) is 4.74 Å². The second kappa shape index (κ2) is 7.60. The molecular formula is C20H22O2. The molecule has 2 heteroatoms. The van der Waals surface area contributed by atoms with Crippen molar-refractivity contribution in [3.05, 3.63) is 76.4 Å². The number of hydrogen-bond donors (Lipinski definition) is 0. The number of esters is 1.